The van der Waals surface area contributed by atoms with Crippen LogP contribution in [0.3, 0.4) is 0 Å². The molecule has 0 spiro atoms. The lowest BCUT2D eigenvalue weighted by molar-refractivity contribution is -0.123. The molecule has 3 aromatic rings. The molecule has 0 fully saturated rings. The van der Waals surface area contributed by atoms with Gasteiger partial charge in [-0.05, 0) is 67.8 Å². The number of benzene rings is 3. The van der Waals surface area contributed by atoms with Crippen LogP contribution >= 0.6 is 0 Å². The third kappa shape index (κ3) is 6.82. The van der Waals surface area contributed by atoms with Crippen LogP contribution in [0.5, 0.6) is 11.5 Å². The lowest BCUT2D eigenvalue weighted by atomic mass is 10.0. The van der Waals surface area contributed by atoms with Crippen LogP contribution in [-0.2, 0) is 21.2 Å². The van der Waals surface area contributed by atoms with Crippen molar-refractivity contribution in [1.29, 1.82) is 0 Å². The number of amides is 1. The molecule has 0 aromatic heterocycles. The van der Waals surface area contributed by atoms with E-state index in [1.54, 1.807) is 19.2 Å². The van der Waals surface area contributed by atoms with Crippen LogP contribution < -0.4 is 19.5 Å². The number of nitrogens with one attached hydrogen (secondary N) is 2. The average Bonchev–Trinajstić information content (AvgIpc) is 2.84. The second-order valence-corrected chi connectivity index (χ2v) is 9.49. The maximum absolute atomic E-state index is 13.2. The van der Waals surface area contributed by atoms with Gasteiger partial charge in [0.05, 0.1) is 24.7 Å². The molecule has 0 radical (unpaired) electrons. The molecule has 0 heterocycles. The van der Waals surface area contributed by atoms with Gasteiger partial charge in [-0.2, -0.15) is 4.72 Å². The van der Waals surface area contributed by atoms with Crippen LogP contribution in [0.1, 0.15) is 31.0 Å². The van der Waals surface area contributed by atoms with Crippen LogP contribution in [0.4, 0.5) is 0 Å². The van der Waals surface area contributed by atoms with Gasteiger partial charge in [-0.25, -0.2) is 8.42 Å². The van der Waals surface area contributed by atoms with Gasteiger partial charge in [-0.1, -0.05) is 42.5 Å². The molecule has 0 aliphatic rings. The van der Waals surface area contributed by atoms with Crippen molar-refractivity contribution < 1.29 is 22.7 Å². The van der Waals surface area contributed by atoms with E-state index in [1.807, 2.05) is 68.4 Å². The Kier molecular flexibility index (Phi) is 8.67. The number of methoxy groups -OCH3 is 1. The molecule has 0 aliphatic heterocycles. The van der Waals surface area contributed by atoms with E-state index in [-0.39, 0.29) is 17.4 Å². The lowest BCUT2D eigenvalue weighted by Gasteiger charge is -2.22. The van der Waals surface area contributed by atoms with Gasteiger partial charge in [0.2, 0.25) is 15.9 Å². The van der Waals surface area contributed by atoms with Gasteiger partial charge in [0.1, 0.15) is 17.5 Å². The van der Waals surface area contributed by atoms with Gasteiger partial charge in [0.25, 0.3) is 0 Å². The Balaban J connectivity index is 1.80. The zero-order valence-electron chi connectivity index (χ0n) is 19.5. The highest BCUT2D eigenvalue weighted by Gasteiger charge is 2.27. The summed E-state index contributed by atoms with van der Waals surface area (Å²) in [6.07, 6.45) is 0.207. The number of carbonyl (C=O) groups is 1. The summed E-state index contributed by atoms with van der Waals surface area (Å²) in [5, 5.41) is 2.93. The minimum atomic E-state index is -3.95. The summed E-state index contributed by atoms with van der Waals surface area (Å²) in [5.74, 6) is 0.877. The van der Waals surface area contributed by atoms with Crippen molar-refractivity contribution in [1.82, 2.24) is 10.0 Å². The van der Waals surface area contributed by atoms with E-state index in [1.165, 1.54) is 12.1 Å². The van der Waals surface area contributed by atoms with Crippen molar-refractivity contribution in [3.63, 3.8) is 0 Å². The van der Waals surface area contributed by atoms with Crippen molar-refractivity contribution in [2.75, 3.05) is 13.7 Å². The maximum atomic E-state index is 13.2. The highest BCUT2D eigenvalue weighted by atomic mass is 32.2. The SMILES string of the molecule is CCOc1ccc(S(=O)(=O)N[C@@H](Cc2ccccc2)C(=O)N[C@@H](C)c2ccc(OC)cc2)cc1. The lowest BCUT2D eigenvalue weighted by Crippen LogP contribution is -2.48. The minimum absolute atomic E-state index is 0.0602. The van der Waals surface area contributed by atoms with Crippen molar-refractivity contribution >= 4 is 15.9 Å². The zero-order chi connectivity index (χ0) is 24.6. The molecule has 8 heteroatoms. The normalized spacial score (nSPS) is 13.0. The smallest absolute Gasteiger partial charge is 0.241 e. The quantitative estimate of drug-likeness (QED) is 0.433. The Morgan fingerprint density at radius 1 is 0.912 bits per heavy atom. The third-order valence-electron chi connectivity index (χ3n) is 5.32. The minimum Gasteiger partial charge on any atom is -0.497 e. The number of ether oxygens (including phenoxy) is 2. The van der Waals surface area contributed by atoms with Gasteiger partial charge in [0.15, 0.2) is 0 Å². The predicted molar refractivity (Wildman–Crippen MR) is 131 cm³/mol. The molecule has 180 valence electrons. The molecule has 1 amide bonds. The zero-order valence-corrected chi connectivity index (χ0v) is 20.3. The van der Waals surface area contributed by atoms with Crippen LogP contribution in [0, 0.1) is 0 Å². The Labute approximate surface area is 201 Å². The van der Waals surface area contributed by atoms with Crippen molar-refractivity contribution in [2.45, 2.75) is 37.2 Å². The summed E-state index contributed by atoms with van der Waals surface area (Å²) in [6, 6.07) is 21.4. The molecule has 3 aromatic carbocycles. The third-order valence-corrected chi connectivity index (χ3v) is 6.80. The van der Waals surface area contributed by atoms with E-state index in [4.69, 9.17) is 9.47 Å². The molecule has 0 bridgehead atoms. The Bertz CT molecular complexity index is 1160. The number of hydrogen-bond donors (Lipinski definition) is 2. The van der Waals surface area contributed by atoms with E-state index < -0.39 is 22.0 Å². The van der Waals surface area contributed by atoms with Gasteiger partial charge in [-0.15, -0.1) is 0 Å². The predicted octanol–water partition coefficient (Wildman–Crippen LogP) is 3.86. The number of rotatable bonds is 11. The molecular formula is C26H30N2O5S. The fourth-order valence-corrected chi connectivity index (χ4v) is 4.66. The standard InChI is InChI=1S/C26H30N2O5S/c1-4-33-23-14-16-24(17-15-23)34(30,31)28-25(18-20-8-6-5-7-9-20)26(29)27-19(2)21-10-12-22(32-3)13-11-21/h5-17,19,25,28H,4,18H2,1-3H3,(H,27,29)/t19-,25-/m0/s1. The average molecular weight is 483 g/mol. The van der Waals surface area contributed by atoms with E-state index in [0.29, 0.717) is 18.1 Å². The van der Waals surface area contributed by atoms with Crippen molar-refractivity contribution in [3.8, 4) is 11.5 Å². The van der Waals surface area contributed by atoms with Crippen molar-refractivity contribution in [3.05, 3.63) is 90.0 Å². The topological polar surface area (TPSA) is 93.7 Å². The molecule has 0 aliphatic carbocycles. The van der Waals surface area contributed by atoms with Crippen LogP contribution in [0.25, 0.3) is 0 Å². The Hall–Kier alpha value is -3.36. The first-order chi connectivity index (χ1) is 16.3. The summed E-state index contributed by atoms with van der Waals surface area (Å²) in [5.41, 5.74) is 1.72. The molecule has 2 N–H and O–H groups in total. The molecule has 0 saturated heterocycles. The van der Waals surface area contributed by atoms with Crippen LogP contribution in [0.2, 0.25) is 0 Å². The van der Waals surface area contributed by atoms with Crippen LogP contribution in [0.15, 0.2) is 83.8 Å². The van der Waals surface area contributed by atoms with Gasteiger partial charge in [0, 0.05) is 0 Å². The molecular weight excluding hydrogens is 452 g/mol. The first-order valence-electron chi connectivity index (χ1n) is 11.1. The molecule has 34 heavy (non-hydrogen) atoms. The summed E-state index contributed by atoms with van der Waals surface area (Å²) in [6.45, 7) is 4.18. The fraction of sp³-hybridized carbons (Fsp3) is 0.269. The number of sulfonamides is 1. The van der Waals surface area contributed by atoms with Gasteiger partial charge in [-0.3, -0.25) is 4.79 Å². The molecule has 7 nitrogen and oxygen atoms in total. The van der Waals surface area contributed by atoms with E-state index in [0.717, 1.165) is 11.1 Å². The van der Waals surface area contributed by atoms with Gasteiger partial charge < -0.3 is 14.8 Å². The molecule has 3 rings (SSSR count). The summed E-state index contributed by atoms with van der Waals surface area (Å²) in [4.78, 5) is 13.3. The second-order valence-electron chi connectivity index (χ2n) is 7.77. The molecule has 0 unspecified atom stereocenters. The fourth-order valence-electron chi connectivity index (χ4n) is 3.46. The largest absolute Gasteiger partial charge is 0.497 e. The highest BCUT2D eigenvalue weighted by Crippen LogP contribution is 2.19. The van der Waals surface area contributed by atoms with Crippen molar-refractivity contribution in [2.24, 2.45) is 0 Å². The summed E-state index contributed by atoms with van der Waals surface area (Å²) < 4.78 is 39.3. The van der Waals surface area contributed by atoms with Gasteiger partial charge >= 0.3 is 0 Å². The first kappa shape index (κ1) is 25.3. The Morgan fingerprint density at radius 2 is 1.53 bits per heavy atom. The highest BCUT2D eigenvalue weighted by molar-refractivity contribution is 7.89. The molecule has 0 saturated carbocycles. The van der Waals surface area contributed by atoms with E-state index >= 15 is 0 Å². The van der Waals surface area contributed by atoms with E-state index in [9.17, 15) is 13.2 Å². The monoisotopic (exact) mass is 482 g/mol. The summed E-state index contributed by atoms with van der Waals surface area (Å²) >= 11 is 0. The first-order valence-corrected chi connectivity index (χ1v) is 12.5. The number of carbonyl (C=O) groups excluding carboxylic acids is 1. The molecule has 2 atom stereocenters. The van der Waals surface area contributed by atoms with E-state index in [2.05, 4.69) is 10.0 Å². The number of hydrogen-bond acceptors (Lipinski definition) is 5. The summed E-state index contributed by atoms with van der Waals surface area (Å²) in [7, 11) is -2.36. The Morgan fingerprint density at radius 3 is 2.12 bits per heavy atom. The van der Waals surface area contributed by atoms with Crippen LogP contribution in [-0.4, -0.2) is 34.1 Å². The second kappa shape index (κ2) is 11.7. The maximum Gasteiger partial charge on any atom is 0.241 e.